The average molecular weight is 386 g/mol. The van der Waals surface area contributed by atoms with E-state index in [1.807, 2.05) is 0 Å². The van der Waals surface area contributed by atoms with Crippen LogP contribution in [0.4, 0.5) is 5.95 Å². The molecule has 0 unspecified atom stereocenters. The van der Waals surface area contributed by atoms with Crippen molar-refractivity contribution in [3.05, 3.63) is 16.7 Å². The zero-order valence-corrected chi connectivity index (χ0v) is 14.5. The summed E-state index contributed by atoms with van der Waals surface area (Å²) in [6.45, 7) is -0.0913. The summed E-state index contributed by atoms with van der Waals surface area (Å²) in [7, 11) is -4.28. The summed E-state index contributed by atoms with van der Waals surface area (Å²) in [5, 5.41) is 9.57. The molecule has 1 aliphatic rings. The SMILES string of the molecule is Nc1nc2c(ncn2[C@@H]2C[C@@H](CO)N(C(=O)CCP(=O)(O)O)C2)c(=O)[nH]1. The third-order valence-corrected chi connectivity index (χ3v) is 5.19. The van der Waals surface area contributed by atoms with E-state index in [-0.39, 0.29) is 42.7 Å². The number of rotatable bonds is 5. The molecule has 1 aliphatic heterocycles. The third kappa shape index (κ3) is 3.63. The molecule has 13 heteroatoms. The number of aliphatic hydroxyl groups excluding tert-OH is 1. The molecule has 0 aliphatic carbocycles. The number of aromatic nitrogens is 4. The fraction of sp³-hybridized carbons (Fsp3) is 0.538. The van der Waals surface area contributed by atoms with Crippen molar-refractivity contribution >= 4 is 30.6 Å². The minimum absolute atomic E-state index is 0.0597. The maximum absolute atomic E-state index is 12.3. The third-order valence-electron chi connectivity index (χ3n) is 4.38. The normalized spacial score (nSPS) is 20.8. The van der Waals surface area contributed by atoms with Crippen molar-refractivity contribution in [3.8, 4) is 0 Å². The first-order chi connectivity index (χ1) is 12.2. The van der Waals surface area contributed by atoms with E-state index in [1.54, 1.807) is 4.57 Å². The van der Waals surface area contributed by atoms with Gasteiger partial charge in [0.2, 0.25) is 11.9 Å². The van der Waals surface area contributed by atoms with Crippen molar-refractivity contribution < 1.29 is 24.3 Å². The number of nitrogen functional groups attached to an aromatic ring is 1. The quantitative estimate of drug-likeness (QED) is 0.377. The number of fused-ring (bicyclic) bond motifs is 1. The average Bonchev–Trinajstić information content (AvgIpc) is 3.15. The number of amides is 1. The highest BCUT2D eigenvalue weighted by atomic mass is 31.2. The van der Waals surface area contributed by atoms with Gasteiger partial charge in [0.15, 0.2) is 11.2 Å². The van der Waals surface area contributed by atoms with Crippen LogP contribution in [0.15, 0.2) is 11.1 Å². The molecule has 3 heterocycles. The van der Waals surface area contributed by atoms with Crippen LogP contribution >= 0.6 is 7.60 Å². The number of imidazole rings is 1. The van der Waals surface area contributed by atoms with Crippen LogP contribution < -0.4 is 11.3 Å². The molecular weight excluding hydrogens is 367 g/mol. The Balaban J connectivity index is 1.84. The Morgan fingerprint density at radius 3 is 2.85 bits per heavy atom. The van der Waals surface area contributed by atoms with E-state index >= 15 is 0 Å². The number of hydrogen-bond acceptors (Lipinski definition) is 7. The zero-order chi connectivity index (χ0) is 19.1. The molecule has 12 nitrogen and oxygen atoms in total. The second-order valence-electron chi connectivity index (χ2n) is 6.19. The number of likely N-dealkylation sites (tertiary alicyclic amines) is 1. The van der Waals surface area contributed by atoms with Gasteiger partial charge in [0.05, 0.1) is 31.2 Å². The van der Waals surface area contributed by atoms with Gasteiger partial charge >= 0.3 is 7.60 Å². The summed E-state index contributed by atoms with van der Waals surface area (Å²) >= 11 is 0. The summed E-state index contributed by atoms with van der Waals surface area (Å²) in [4.78, 5) is 53.9. The Morgan fingerprint density at radius 2 is 2.19 bits per heavy atom. The van der Waals surface area contributed by atoms with Crippen molar-refractivity contribution in [2.24, 2.45) is 0 Å². The number of carbonyl (C=O) groups is 1. The van der Waals surface area contributed by atoms with Gasteiger partial charge in [-0.2, -0.15) is 4.98 Å². The molecule has 2 atom stereocenters. The monoisotopic (exact) mass is 386 g/mol. The fourth-order valence-corrected chi connectivity index (χ4v) is 3.65. The van der Waals surface area contributed by atoms with Crippen LogP contribution in [0, 0.1) is 0 Å². The lowest BCUT2D eigenvalue weighted by atomic mass is 10.2. The highest BCUT2D eigenvalue weighted by Gasteiger charge is 2.36. The van der Waals surface area contributed by atoms with Gasteiger partial charge in [-0.25, -0.2) is 4.98 Å². The highest BCUT2D eigenvalue weighted by Crippen LogP contribution is 2.36. The number of H-pyrrole nitrogens is 1. The number of aromatic amines is 1. The Bertz CT molecular complexity index is 935. The van der Waals surface area contributed by atoms with Gasteiger partial charge in [0.1, 0.15) is 0 Å². The molecule has 3 rings (SSSR count). The molecule has 2 aromatic heterocycles. The maximum Gasteiger partial charge on any atom is 0.326 e. The number of nitrogens with one attached hydrogen (secondary N) is 1. The predicted molar refractivity (Wildman–Crippen MR) is 90.3 cm³/mol. The van der Waals surface area contributed by atoms with Gasteiger partial charge < -0.3 is 30.1 Å². The number of carbonyl (C=O) groups excluding carboxylic acids is 1. The predicted octanol–water partition coefficient (Wildman–Crippen LogP) is -1.60. The number of nitrogens with two attached hydrogens (primary N) is 1. The highest BCUT2D eigenvalue weighted by molar-refractivity contribution is 7.51. The molecule has 0 spiro atoms. The molecule has 142 valence electrons. The van der Waals surface area contributed by atoms with Crippen LogP contribution in [0.5, 0.6) is 0 Å². The van der Waals surface area contributed by atoms with E-state index < -0.39 is 31.3 Å². The summed E-state index contributed by atoms with van der Waals surface area (Å²) in [5.74, 6) is -0.514. The van der Waals surface area contributed by atoms with E-state index in [9.17, 15) is 19.3 Å². The molecule has 0 radical (unpaired) electrons. The largest absolute Gasteiger partial charge is 0.394 e. The van der Waals surface area contributed by atoms with Crippen LogP contribution in [0.2, 0.25) is 0 Å². The Morgan fingerprint density at radius 1 is 1.46 bits per heavy atom. The molecule has 26 heavy (non-hydrogen) atoms. The molecule has 2 aromatic rings. The van der Waals surface area contributed by atoms with Crippen molar-refractivity contribution in [1.29, 1.82) is 0 Å². The van der Waals surface area contributed by atoms with Gasteiger partial charge in [-0.1, -0.05) is 0 Å². The summed E-state index contributed by atoms with van der Waals surface area (Å²) in [5.41, 5.74) is 5.49. The second kappa shape index (κ2) is 6.80. The van der Waals surface area contributed by atoms with E-state index in [2.05, 4.69) is 15.0 Å². The van der Waals surface area contributed by atoms with E-state index in [4.69, 9.17) is 15.5 Å². The maximum atomic E-state index is 12.3. The lowest BCUT2D eigenvalue weighted by Gasteiger charge is -2.23. The minimum atomic E-state index is -4.28. The van der Waals surface area contributed by atoms with Crippen molar-refractivity contribution in [2.45, 2.75) is 24.9 Å². The minimum Gasteiger partial charge on any atom is -0.394 e. The standard InChI is InChI=1S/C13H19N6O6P/c14-13-16-11-10(12(22)17-13)15-6-19(11)7-3-8(5-20)18(4-7)9(21)1-2-26(23,24)25/h6-8,20H,1-5H2,(H2,23,24,25)(H3,14,16,17,22)/t7-,8+/m1/s1. The van der Waals surface area contributed by atoms with Gasteiger partial charge in [-0.3, -0.25) is 19.1 Å². The van der Waals surface area contributed by atoms with Crippen molar-refractivity contribution in [3.63, 3.8) is 0 Å². The lowest BCUT2D eigenvalue weighted by Crippen LogP contribution is -2.38. The smallest absolute Gasteiger partial charge is 0.326 e. The Labute approximate surface area is 146 Å². The summed E-state index contributed by atoms with van der Waals surface area (Å²) in [6, 6.07) is -0.800. The zero-order valence-electron chi connectivity index (χ0n) is 13.6. The molecule has 6 N–H and O–H groups in total. The fourth-order valence-electron chi connectivity index (χ4n) is 3.17. The van der Waals surface area contributed by atoms with Crippen LogP contribution in [0.3, 0.4) is 0 Å². The van der Waals surface area contributed by atoms with E-state index in [1.165, 1.54) is 11.2 Å². The van der Waals surface area contributed by atoms with E-state index in [0.29, 0.717) is 6.42 Å². The van der Waals surface area contributed by atoms with E-state index in [0.717, 1.165) is 0 Å². The molecule has 0 saturated carbocycles. The number of hydrogen-bond donors (Lipinski definition) is 5. The second-order valence-corrected chi connectivity index (χ2v) is 7.96. The molecule has 1 saturated heterocycles. The molecule has 0 aromatic carbocycles. The van der Waals surface area contributed by atoms with Crippen molar-refractivity contribution in [1.82, 2.24) is 24.4 Å². The summed E-state index contributed by atoms with van der Waals surface area (Å²) < 4.78 is 12.6. The van der Waals surface area contributed by atoms with Gasteiger partial charge in [0.25, 0.3) is 5.56 Å². The van der Waals surface area contributed by atoms with Gasteiger partial charge in [-0.15, -0.1) is 0 Å². The molecule has 1 amide bonds. The van der Waals surface area contributed by atoms with Crippen LogP contribution in [-0.2, 0) is 9.36 Å². The Kier molecular flexibility index (Phi) is 4.84. The van der Waals surface area contributed by atoms with Crippen LogP contribution in [0.1, 0.15) is 18.9 Å². The number of anilines is 1. The Hall–Kier alpha value is -2.27. The first-order valence-corrected chi connectivity index (χ1v) is 9.66. The number of nitrogens with zero attached hydrogens (tertiary/aromatic N) is 4. The lowest BCUT2D eigenvalue weighted by molar-refractivity contribution is -0.132. The molecular formula is C13H19N6O6P. The molecule has 0 bridgehead atoms. The first-order valence-electron chi connectivity index (χ1n) is 7.87. The summed E-state index contributed by atoms with van der Waals surface area (Å²) in [6.07, 6.45) is 0.947. The van der Waals surface area contributed by atoms with Crippen LogP contribution in [-0.4, -0.2) is 70.6 Å². The van der Waals surface area contributed by atoms with Gasteiger partial charge in [0, 0.05) is 13.0 Å². The number of aliphatic hydroxyl groups is 1. The first kappa shape index (κ1) is 18.5. The molecule has 1 fully saturated rings. The topological polar surface area (TPSA) is 188 Å². The van der Waals surface area contributed by atoms with Crippen LogP contribution in [0.25, 0.3) is 11.2 Å². The van der Waals surface area contributed by atoms with Crippen molar-refractivity contribution in [2.75, 3.05) is 25.0 Å². The van der Waals surface area contributed by atoms with Gasteiger partial charge in [-0.05, 0) is 6.42 Å².